The van der Waals surface area contributed by atoms with E-state index in [1.54, 1.807) is 7.11 Å². The van der Waals surface area contributed by atoms with Crippen LogP contribution in [0.4, 0.5) is 0 Å². The lowest BCUT2D eigenvalue weighted by molar-refractivity contribution is -0.00684. The van der Waals surface area contributed by atoms with Crippen LogP contribution in [-0.2, 0) is 9.47 Å². The second-order valence-electron chi connectivity index (χ2n) is 8.93. The molecular formula is C24H41N5O3. The van der Waals surface area contributed by atoms with E-state index in [4.69, 9.17) is 19.2 Å². The van der Waals surface area contributed by atoms with Crippen molar-refractivity contribution in [1.29, 1.82) is 0 Å². The minimum atomic E-state index is -0.00821. The van der Waals surface area contributed by atoms with Crippen molar-refractivity contribution in [3.63, 3.8) is 0 Å². The normalized spacial score (nSPS) is 20.1. The van der Waals surface area contributed by atoms with E-state index in [1.807, 2.05) is 12.1 Å². The third-order valence-electron chi connectivity index (χ3n) is 6.29. The zero-order valence-corrected chi connectivity index (χ0v) is 20.2. The predicted molar refractivity (Wildman–Crippen MR) is 129 cm³/mol. The summed E-state index contributed by atoms with van der Waals surface area (Å²) in [5.41, 5.74) is 1.26. The Morgan fingerprint density at radius 2 is 1.66 bits per heavy atom. The molecular weight excluding hydrogens is 406 g/mol. The van der Waals surface area contributed by atoms with Crippen molar-refractivity contribution in [3.05, 3.63) is 29.8 Å². The van der Waals surface area contributed by atoms with Crippen LogP contribution in [0.2, 0.25) is 0 Å². The van der Waals surface area contributed by atoms with Crippen molar-refractivity contribution in [2.75, 3.05) is 79.4 Å². The number of morpholine rings is 2. The van der Waals surface area contributed by atoms with Gasteiger partial charge in [0.25, 0.3) is 0 Å². The van der Waals surface area contributed by atoms with Gasteiger partial charge >= 0.3 is 0 Å². The van der Waals surface area contributed by atoms with Crippen molar-refractivity contribution < 1.29 is 14.2 Å². The van der Waals surface area contributed by atoms with E-state index >= 15 is 0 Å². The quantitative estimate of drug-likeness (QED) is 0.441. The zero-order chi connectivity index (χ0) is 22.8. The van der Waals surface area contributed by atoms with Crippen molar-refractivity contribution in [3.8, 4) is 5.75 Å². The Kier molecular flexibility index (Phi) is 9.59. The van der Waals surface area contributed by atoms with Gasteiger partial charge in [0.1, 0.15) is 5.75 Å². The van der Waals surface area contributed by atoms with E-state index in [9.17, 15) is 0 Å². The van der Waals surface area contributed by atoms with Crippen molar-refractivity contribution in [2.45, 2.75) is 32.4 Å². The Labute approximate surface area is 193 Å². The molecule has 2 N–H and O–H groups in total. The van der Waals surface area contributed by atoms with Crippen LogP contribution in [0.1, 0.15) is 32.4 Å². The highest BCUT2D eigenvalue weighted by molar-refractivity contribution is 5.79. The molecule has 0 saturated carbocycles. The molecule has 0 aliphatic carbocycles. The van der Waals surface area contributed by atoms with Crippen LogP contribution in [0, 0.1) is 0 Å². The molecule has 0 spiro atoms. The van der Waals surface area contributed by atoms with Gasteiger partial charge in [-0.1, -0.05) is 12.1 Å². The summed E-state index contributed by atoms with van der Waals surface area (Å²) in [6, 6.07) is 8.62. The third-order valence-corrected chi connectivity index (χ3v) is 6.29. The number of nitrogens with zero attached hydrogens (tertiary/aromatic N) is 3. The maximum absolute atomic E-state index is 5.59. The maximum Gasteiger partial charge on any atom is 0.191 e. The third kappa shape index (κ3) is 7.07. The van der Waals surface area contributed by atoms with Crippen LogP contribution in [0.5, 0.6) is 5.75 Å². The number of aliphatic imine (C=N–C) groups is 1. The first-order valence-electron chi connectivity index (χ1n) is 11.8. The van der Waals surface area contributed by atoms with E-state index in [0.29, 0.717) is 0 Å². The van der Waals surface area contributed by atoms with E-state index in [2.05, 4.69) is 53.3 Å². The SMILES string of the molecule is CCNC(=NCC(C)(C)N1CCOCC1)NCC(c1ccc(OC)cc1)N1CCOCC1. The van der Waals surface area contributed by atoms with Crippen LogP contribution >= 0.6 is 0 Å². The largest absolute Gasteiger partial charge is 0.497 e. The summed E-state index contributed by atoms with van der Waals surface area (Å²) >= 11 is 0. The molecule has 3 rings (SSSR count). The molecule has 1 aromatic rings. The lowest BCUT2D eigenvalue weighted by atomic mass is 10.0. The lowest BCUT2D eigenvalue weighted by Gasteiger charge is -2.40. The Morgan fingerprint density at radius 1 is 1.03 bits per heavy atom. The minimum absolute atomic E-state index is 0.00821. The Bertz CT molecular complexity index is 698. The summed E-state index contributed by atoms with van der Waals surface area (Å²) in [5.74, 6) is 1.74. The summed E-state index contributed by atoms with van der Waals surface area (Å²) in [5, 5.41) is 7.02. The van der Waals surface area contributed by atoms with Gasteiger partial charge in [-0.25, -0.2) is 0 Å². The fraction of sp³-hybridized carbons (Fsp3) is 0.708. The molecule has 2 fully saturated rings. The summed E-state index contributed by atoms with van der Waals surface area (Å²) < 4.78 is 16.5. The number of hydrogen-bond acceptors (Lipinski definition) is 6. The summed E-state index contributed by atoms with van der Waals surface area (Å²) in [6.45, 7) is 15.9. The molecule has 0 radical (unpaired) electrons. The molecule has 1 atom stereocenters. The molecule has 2 heterocycles. The van der Waals surface area contributed by atoms with Crippen molar-refractivity contribution >= 4 is 5.96 Å². The summed E-state index contributed by atoms with van der Waals surface area (Å²) in [7, 11) is 1.70. The molecule has 2 aliphatic heterocycles. The first-order chi connectivity index (χ1) is 15.5. The smallest absolute Gasteiger partial charge is 0.191 e. The number of nitrogens with one attached hydrogen (secondary N) is 2. The monoisotopic (exact) mass is 447 g/mol. The molecule has 2 aliphatic rings. The number of methoxy groups -OCH3 is 1. The first kappa shape index (κ1) is 24.8. The van der Waals surface area contributed by atoms with Gasteiger partial charge in [-0.05, 0) is 38.5 Å². The van der Waals surface area contributed by atoms with E-state index in [1.165, 1.54) is 5.56 Å². The average molecular weight is 448 g/mol. The molecule has 0 bridgehead atoms. The topological polar surface area (TPSA) is 70.6 Å². The standard InChI is InChI=1S/C24H41N5O3/c1-5-25-23(27-19-24(2,3)29-12-16-32-17-13-29)26-18-22(28-10-14-31-15-11-28)20-6-8-21(30-4)9-7-20/h6-9,22H,5,10-19H2,1-4H3,(H2,25,26,27). The van der Waals surface area contributed by atoms with Gasteiger partial charge in [0.05, 0.1) is 46.1 Å². The molecule has 1 unspecified atom stereocenters. The van der Waals surface area contributed by atoms with Crippen molar-refractivity contribution in [1.82, 2.24) is 20.4 Å². The molecule has 180 valence electrons. The van der Waals surface area contributed by atoms with Gasteiger partial charge < -0.3 is 24.8 Å². The highest BCUT2D eigenvalue weighted by atomic mass is 16.5. The van der Waals surface area contributed by atoms with Gasteiger partial charge in [0.15, 0.2) is 5.96 Å². The number of guanidine groups is 1. The van der Waals surface area contributed by atoms with Crippen molar-refractivity contribution in [2.24, 2.45) is 4.99 Å². The second-order valence-corrected chi connectivity index (χ2v) is 8.93. The summed E-state index contributed by atoms with van der Waals surface area (Å²) in [6.07, 6.45) is 0. The Balaban J connectivity index is 1.68. The fourth-order valence-corrected chi connectivity index (χ4v) is 4.25. The Hall–Kier alpha value is -1.87. The zero-order valence-electron chi connectivity index (χ0n) is 20.2. The maximum atomic E-state index is 5.59. The lowest BCUT2D eigenvalue weighted by Crippen LogP contribution is -2.52. The first-order valence-corrected chi connectivity index (χ1v) is 11.8. The molecule has 8 heteroatoms. The van der Waals surface area contributed by atoms with Gasteiger partial charge in [-0.2, -0.15) is 0 Å². The highest BCUT2D eigenvalue weighted by Gasteiger charge is 2.28. The van der Waals surface area contributed by atoms with Crippen LogP contribution in [0.25, 0.3) is 0 Å². The van der Waals surface area contributed by atoms with Gasteiger partial charge in [-0.15, -0.1) is 0 Å². The number of rotatable bonds is 9. The molecule has 0 amide bonds. The molecule has 0 aromatic heterocycles. The predicted octanol–water partition coefficient (Wildman–Crippen LogP) is 1.73. The molecule has 2 saturated heterocycles. The van der Waals surface area contributed by atoms with Crippen LogP contribution in [0.15, 0.2) is 29.3 Å². The fourth-order valence-electron chi connectivity index (χ4n) is 4.25. The van der Waals surface area contributed by atoms with E-state index in [-0.39, 0.29) is 11.6 Å². The molecule has 8 nitrogen and oxygen atoms in total. The second kappa shape index (κ2) is 12.4. The van der Waals surface area contributed by atoms with Gasteiger partial charge in [0.2, 0.25) is 0 Å². The number of ether oxygens (including phenoxy) is 3. The van der Waals surface area contributed by atoms with E-state index in [0.717, 1.165) is 83.9 Å². The summed E-state index contributed by atoms with van der Waals surface area (Å²) in [4.78, 5) is 9.90. The van der Waals surface area contributed by atoms with Crippen LogP contribution in [0.3, 0.4) is 0 Å². The Morgan fingerprint density at radius 3 is 2.25 bits per heavy atom. The number of hydrogen-bond donors (Lipinski definition) is 2. The van der Waals surface area contributed by atoms with Crippen LogP contribution in [-0.4, -0.2) is 101 Å². The highest BCUT2D eigenvalue weighted by Crippen LogP contribution is 2.24. The van der Waals surface area contributed by atoms with Gasteiger partial charge in [-0.3, -0.25) is 14.8 Å². The van der Waals surface area contributed by atoms with Crippen LogP contribution < -0.4 is 15.4 Å². The van der Waals surface area contributed by atoms with Gasteiger partial charge in [0, 0.05) is 44.8 Å². The number of benzene rings is 1. The average Bonchev–Trinajstić information content (AvgIpc) is 2.84. The van der Waals surface area contributed by atoms with E-state index < -0.39 is 0 Å². The molecule has 1 aromatic carbocycles. The minimum Gasteiger partial charge on any atom is -0.497 e. The molecule has 32 heavy (non-hydrogen) atoms.